The Morgan fingerprint density at radius 3 is 2.74 bits per heavy atom. The van der Waals surface area contributed by atoms with Gasteiger partial charge in [-0.15, -0.1) is 0 Å². The van der Waals surface area contributed by atoms with E-state index in [0.717, 1.165) is 29.3 Å². The van der Waals surface area contributed by atoms with E-state index >= 15 is 0 Å². The molecule has 0 unspecified atom stereocenters. The molecule has 9 heteroatoms. The average Bonchev–Trinajstić information content (AvgIpc) is 3.32. The predicted molar refractivity (Wildman–Crippen MR) is 141 cm³/mol. The molecule has 0 bridgehead atoms. The second kappa shape index (κ2) is 10.7. The van der Waals surface area contributed by atoms with Gasteiger partial charge in [0.05, 0.1) is 5.56 Å². The molecule has 0 fully saturated rings. The van der Waals surface area contributed by atoms with E-state index < -0.39 is 17.7 Å². The Balaban J connectivity index is 1.26. The molecule has 1 aromatic heterocycles. The first-order valence-corrected chi connectivity index (χ1v) is 13.1. The van der Waals surface area contributed by atoms with E-state index in [1.165, 1.54) is 17.4 Å². The number of benzene rings is 2. The van der Waals surface area contributed by atoms with Gasteiger partial charge in [0.2, 0.25) is 0 Å². The van der Waals surface area contributed by atoms with Crippen LogP contribution in [0.3, 0.4) is 0 Å². The Hall–Kier alpha value is -3.56. The number of ether oxygens (including phenoxy) is 2. The molecule has 3 heterocycles. The van der Waals surface area contributed by atoms with Crippen molar-refractivity contribution in [3.63, 3.8) is 0 Å². The van der Waals surface area contributed by atoms with Gasteiger partial charge in [-0.3, -0.25) is 4.90 Å². The summed E-state index contributed by atoms with van der Waals surface area (Å²) in [4.78, 5) is 13.4. The van der Waals surface area contributed by atoms with Crippen molar-refractivity contribution in [2.75, 3.05) is 26.2 Å². The monoisotopic (exact) mass is 541 g/mol. The van der Waals surface area contributed by atoms with E-state index in [0.29, 0.717) is 54.3 Å². The Kier molecular flexibility index (Phi) is 7.32. The zero-order valence-corrected chi connectivity index (χ0v) is 21.5. The number of carbonyl (C=O) groups is 1. The maximum absolute atomic E-state index is 13.8. The SMILES string of the molecule is Cc1cscc1-c1ccc(COc2ccc3c(c2)OCC(CN2CCC=C(C(=O)O)C2)=C3)cc1C(F)(F)F. The van der Waals surface area contributed by atoms with E-state index in [1.54, 1.807) is 36.6 Å². The molecule has 0 amide bonds. The summed E-state index contributed by atoms with van der Waals surface area (Å²) in [6, 6.07) is 9.69. The van der Waals surface area contributed by atoms with Crippen LogP contribution in [0.1, 0.15) is 28.7 Å². The molecule has 0 aliphatic carbocycles. The third kappa shape index (κ3) is 5.79. The smallest absolute Gasteiger partial charge is 0.417 e. The van der Waals surface area contributed by atoms with Gasteiger partial charge in [-0.2, -0.15) is 24.5 Å². The second-order valence-electron chi connectivity index (χ2n) is 9.46. The summed E-state index contributed by atoms with van der Waals surface area (Å²) >= 11 is 1.38. The molecular weight excluding hydrogens is 515 g/mol. The molecule has 0 saturated carbocycles. The highest BCUT2D eigenvalue weighted by atomic mass is 32.1. The third-order valence-electron chi connectivity index (χ3n) is 6.63. The maximum atomic E-state index is 13.8. The summed E-state index contributed by atoms with van der Waals surface area (Å²) < 4.78 is 53.3. The van der Waals surface area contributed by atoms with Gasteiger partial charge in [0.1, 0.15) is 24.7 Å². The lowest BCUT2D eigenvalue weighted by Gasteiger charge is -2.28. The van der Waals surface area contributed by atoms with Crippen molar-refractivity contribution in [2.24, 2.45) is 0 Å². The molecule has 0 spiro atoms. The average molecular weight is 542 g/mol. The van der Waals surface area contributed by atoms with Crippen LogP contribution in [0.15, 0.2) is 64.4 Å². The fraction of sp³-hybridized carbons (Fsp3) is 0.276. The van der Waals surface area contributed by atoms with Crippen molar-refractivity contribution in [2.45, 2.75) is 26.1 Å². The number of hydrogen-bond acceptors (Lipinski definition) is 5. The zero-order chi connectivity index (χ0) is 26.9. The van der Waals surface area contributed by atoms with E-state index in [1.807, 2.05) is 17.5 Å². The molecule has 5 nitrogen and oxygen atoms in total. The molecule has 3 aromatic rings. The van der Waals surface area contributed by atoms with Gasteiger partial charge in [0, 0.05) is 36.8 Å². The summed E-state index contributed by atoms with van der Waals surface area (Å²) in [5.41, 5.74) is 3.65. The van der Waals surface area contributed by atoms with Crippen molar-refractivity contribution < 1.29 is 32.5 Å². The first-order chi connectivity index (χ1) is 18.2. The van der Waals surface area contributed by atoms with Crippen LogP contribution < -0.4 is 9.47 Å². The molecule has 2 aliphatic heterocycles. The normalized spacial score (nSPS) is 15.8. The Bertz CT molecular complexity index is 1420. The lowest BCUT2D eigenvalue weighted by atomic mass is 9.97. The molecule has 0 saturated heterocycles. The molecule has 0 radical (unpaired) electrons. The van der Waals surface area contributed by atoms with Gasteiger partial charge in [-0.05, 0) is 76.2 Å². The topological polar surface area (TPSA) is 59.0 Å². The first kappa shape index (κ1) is 26.1. The molecule has 5 rings (SSSR count). The number of aryl methyl sites for hydroxylation is 1. The minimum absolute atomic E-state index is 0.0136. The van der Waals surface area contributed by atoms with Gasteiger partial charge < -0.3 is 14.6 Å². The molecule has 0 atom stereocenters. The Morgan fingerprint density at radius 1 is 1.16 bits per heavy atom. The highest BCUT2D eigenvalue weighted by Crippen LogP contribution is 2.40. The Labute approximate surface area is 222 Å². The number of thiophene rings is 1. The van der Waals surface area contributed by atoms with Crippen molar-refractivity contribution in [1.29, 1.82) is 0 Å². The van der Waals surface area contributed by atoms with Crippen LogP contribution >= 0.6 is 11.3 Å². The fourth-order valence-electron chi connectivity index (χ4n) is 4.71. The van der Waals surface area contributed by atoms with E-state index in [-0.39, 0.29) is 12.2 Å². The summed E-state index contributed by atoms with van der Waals surface area (Å²) in [6.45, 7) is 3.97. The van der Waals surface area contributed by atoms with Gasteiger partial charge in [-0.25, -0.2) is 4.79 Å². The second-order valence-corrected chi connectivity index (χ2v) is 10.2. The lowest BCUT2D eigenvalue weighted by Crippen LogP contribution is -2.34. The fourth-order valence-corrected chi connectivity index (χ4v) is 5.56. The largest absolute Gasteiger partial charge is 0.489 e. The van der Waals surface area contributed by atoms with Gasteiger partial charge in [-0.1, -0.05) is 18.2 Å². The molecule has 2 aromatic carbocycles. The zero-order valence-electron chi connectivity index (χ0n) is 20.7. The summed E-state index contributed by atoms with van der Waals surface area (Å²) in [5.74, 6) is 0.249. The van der Waals surface area contributed by atoms with Gasteiger partial charge >= 0.3 is 12.1 Å². The number of aliphatic carboxylic acids is 1. The van der Waals surface area contributed by atoms with Crippen molar-refractivity contribution >= 4 is 23.4 Å². The number of nitrogens with zero attached hydrogens (tertiary/aromatic N) is 1. The number of alkyl halides is 3. The van der Waals surface area contributed by atoms with Gasteiger partial charge in [0.25, 0.3) is 0 Å². The third-order valence-corrected chi connectivity index (χ3v) is 7.49. The van der Waals surface area contributed by atoms with Crippen LogP contribution in [0.25, 0.3) is 17.2 Å². The summed E-state index contributed by atoms with van der Waals surface area (Å²) in [5, 5.41) is 12.8. The lowest BCUT2D eigenvalue weighted by molar-refractivity contribution is -0.137. The number of halogens is 3. The van der Waals surface area contributed by atoms with E-state index in [9.17, 15) is 23.1 Å². The molecule has 198 valence electrons. The Morgan fingerprint density at radius 2 is 2.00 bits per heavy atom. The maximum Gasteiger partial charge on any atom is 0.417 e. The summed E-state index contributed by atoms with van der Waals surface area (Å²) in [6.07, 6.45) is 0.0173. The highest BCUT2D eigenvalue weighted by Gasteiger charge is 2.34. The number of carboxylic acids is 1. The number of carboxylic acid groups (broad SMARTS) is 1. The number of hydrogen-bond donors (Lipinski definition) is 1. The van der Waals surface area contributed by atoms with Crippen LogP contribution in [0, 0.1) is 6.92 Å². The quantitative estimate of drug-likeness (QED) is 0.356. The van der Waals surface area contributed by atoms with Crippen molar-refractivity contribution in [3.05, 3.63) is 86.6 Å². The number of fused-ring (bicyclic) bond motifs is 1. The van der Waals surface area contributed by atoms with E-state index in [4.69, 9.17) is 9.47 Å². The summed E-state index contributed by atoms with van der Waals surface area (Å²) in [7, 11) is 0. The van der Waals surface area contributed by atoms with Gasteiger partial charge in [0.15, 0.2) is 0 Å². The van der Waals surface area contributed by atoms with E-state index in [2.05, 4.69) is 4.90 Å². The van der Waals surface area contributed by atoms with Crippen LogP contribution in [0.4, 0.5) is 13.2 Å². The molecule has 2 aliphatic rings. The molecule has 38 heavy (non-hydrogen) atoms. The van der Waals surface area contributed by atoms with Crippen molar-refractivity contribution in [3.8, 4) is 22.6 Å². The van der Waals surface area contributed by atoms with Crippen LogP contribution in [-0.4, -0.2) is 42.2 Å². The first-order valence-electron chi connectivity index (χ1n) is 12.1. The predicted octanol–water partition coefficient (Wildman–Crippen LogP) is 6.81. The van der Waals surface area contributed by atoms with Crippen LogP contribution in [0.5, 0.6) is 11.5 Å². The minimum Gasteiger partial charge on any atom is -0.489 e. The molecular formula is C29H26F3NO4S. The standard InChI is InChI=1S/C29H26F3NO4S/c1-18-16-38-17-25(18)24-7-4-19(10-26(24)29(30,31)32)14-36-23-6-5-21-9-20(15-37-27(21)11-23)12-33-8-2-3-22(13-33)28(34)35/h3-7,9-11,16-17H,2,8,12-15H2,1H3,(H,34,35). The van der Waals surface area contributed by atoms with Crippen LogP contribution in [0.2, 0.25) is 0 Å². The molecule has 1 N–H and O–H groups in total. The number of rotatable bonds is 7. The van der Waals surface area contributed by atoms with Crippen molar-refractivity contribution in [1.82, 2.24) is 4.90 Å². The van der Waals surface area contributed by atoms with Crippen LogP contribution in [-0.2, 0) is 17.6 Å². The highest BCUT2D eigenvalue weighted by molar-refractivity contribution is 7.08. The minimum atomic E-state index is -4.48.